The van der Waals surface area contributed by atoms with Crippen molar-refractivity contribution in [1.82, 2.24) is 0 Å². The van der Waals surface area contributed by atoms with Crippen LogP contribution in [0.4, 0.5) is 13.2 Å². The van der Waals surface area contributed by atoms with Crippen LogP contribution in [0.1, 0.15) is 22.7 Å². The van der Waals surface area contributed by atoms with Gasteiger partial charge in [-0.1, -0.05) is 30.3 Å². The van der Waals surface area contributed by atoms with Gasteiger partial charge in [0.1, 0.15) is 5.82 Å². The maximum Gasteiger partial charge on any atom is 0.163 e. The van der Waals surface area contributed by atoms with E-state index in [1.54, 1.807) is 18.2 Å². The molecule has 2 aromatic carbocycles. The molecule has 2 aromatic rings. The van der Waals surface area contributed by atoms with Gasteiger partial charge in [-0.15, -0.1) is 0 Å². The summed E-state index contributed by atoms with van der Waals surface area (Å²) in [5.41, 5.74) is 6.51. The standard InChI is InChI=1S/C15H14F3N/c1-9-6-7-11(15(18)14(9)17)13(19)8-10-4-2-3-5-12(10)16/h2-7,13H,8,19H2,1H3. The van der Waals surface area contributed by atoms with E-state index in [9.17, 15) is 13.2 Å². The summed E-state index contributed by atoms with van der Waals surface area (Å²) in [6, 6.07) is 8.26. The summed E-state index contributed by atoms with van der Waals surface area (Å²) < 4.78 is 40.7. The van der Waals surface area contributed by atoms with Gasteiger partial charge in [0.15, 0.2) is 11.6 Å². The molecular weight excluding hydrogens is 251 g/mol. The Balaban J connectivity index is 2.28. The Morgan fingerprint density at radius 3 is 2.37 bits per heavy atom. The number of benzene rings is 2. The molecular formula is C15H14F3N. The van der Waals surface area contributed by atoms with Gasteiger partial charge in [-0.25, -0.2) is 13.2 Å². The average Bonchev–Trinajstić information content (AvgIpc) is 2.39. The Bertz CT molecular complexity index is 596. The topological polar surface area (TPSA) is 26.0 Å². The fourth-order valence-corrected chi connectivity index (χ4v) is 1.96. The number of nitrogens with two attached hydrogens (primary N) is 1. The zero-order valence-corrected chi connectivity index (χ0v) is 10.5. The molecule has 2 rings (SSSR count). The molecule has 0 aliphatic heterocycles. The first-order valence-electron chi connectivity index (χ1n) is 5.94. The van der Waals surface area contributed by atoms with Crippen molar-refractivity contribution in [1.29, 1.82) is 0 Å². The SMILES string of the molecule is Cc1ccc(C(N)Cc2ccccc2F)c(F)c1F. The van der Waals surface area contributed by atoms with E-state index in [1.807, 2.05) is 0 Å². The van der Waals surface area contributed by atoms with Gasteiger partial charge in [0.2, 0.25) is 0 Å². The Hall–Kier alpha value is -1.81. The molecule has 19 heavy (non-hydrogen) atoms. The second kappa shape index (κ2) is 5.45. The zero-order chi connectivity index (χ0) is 14.0. The van der Waals surface area contributed by atoms with E-state index in [0.717, 1.165) is 0 Å². The van der Waals surface area contributed by atoms with Crippen LogP contribution < -0.4 is 5.73 Å². The Morgan fingerprint density at radius 1 is 1.00 bits per heavy atom. The first kappa shape index (κ1) is 13.6. The van der Waals surface area contributed by atoms with Crippen LogP contribution in [-0.4, -0.2) is 0 Å². The molecule has 0 bridgehead atoms. The highest BCUT2D eigenvalue weighted by molar-refractivity contribution is 5.29. The largest absolute Gasteiger partial charge is 0.324 e. The van der Waals surface area contributed by atoms with Crippen molar-refractivity contribution in [2.24, 2.45) is 5.73 Å². The lowest BCUT2D eigenvalue weighted by Gasteiger charge is -2.14. The monoisotopic (exact) mass is 265 g/mol. The van der Waals surface area contributed by atoms with E-state index in [-0.39, 0.29) is 17.5 Å². The molecule has 0 saturated carbocycles. The molecule has 100 valence electrons. The van der Waals surface area contributed by atoms with Crippen LogP contribution >= 0.6 is 0 Å². The fourth-order valence-electron chi connectivity index (χ4n) is 1.96. The van der Waals surface area contributed by atoms with Crippen molar-refractivity contribution in [2.45, 2.75) is 19.4 Å². The summed E-state index contributed by atoms with van der Waals surface area (Å²) >= 11 is 0. The summed E-state index contributed by atoms with van der Waals surface area (Å²) in [5, 5.41) is 0. The van der Waals surface area contributed by atoms with Crippen molar-refractivity contribution in [3.05, 3.63) is 70.5 Å². The molecule has 1 unspecified atom stereocenters. The molecule has 0 aliphatic rings. The quantitative estimate of drug-likeness (QED) is 0.900. The maximum absolute atomic E-state index is 13.8. The summed E-state index contributed by atoms with van der Waals surface area (Å²) in [6.07, 6.45) is 0.117. The minimum Gasteiger partial charge on any atom is -0.324 e. The summed E-state index contributed by atoms with van der Waals surface area (Å²) in [4.78, 5) is 0. The first-order valence-corrected chi connectivity index (χ1v) is 5.94. The summed E-state index contributed by atoms with van der Waals surface area (Å²) in [5.74, 6) is -2.25. The molecule has 0 saturated heterocycles. The van der Waals surface area contributed by atoms with Crippen LogP contribution in [0, 0.1) is 24.4 Å². The Kier molecular flexibility index (Phi) is 3.90. The van der Waals surface area contributed by atoms with Gasteiger partial charge < -0.3 is 5.73 Å². The van der Waals surface area contributed by atoms with Crippen molar-refractivity contribution in [3.8, 4) is 0 Å². The fraction of sp³-hybridized carbons (Fsp3) is 0.200. The molecule has 0 amide bonds. The highest BCUT2D eigenvalue weighted by atomic mass is 19.2. The van der Waals surface area contributed by atoms with E-state index in [2.05, 4.69) is 0 Å². The van der Waals surface area contributed by atoms with Gasteiger partial charge in [0.05, 0.1) is 0 Å². The second-order valence-corrected chi connectivity index (χ2v) is 4.50. The van der Waals surface area contributed by atoms with Gasteiger partial charge >= 0.3 is 0 Å². The van der Waals surface area contributed by atoms with Gasteiger partial charge in [0, 0.05) is 11.6 Å². The van der Waals surface area contributed by atoms with Gasteiger partial charge in [-0.2, -0.15) is 0 Å². The van der Waals surface area contributed by atoms with Gasteiger partial charge in [-0.3, -0.25) is 0 Å². The van der Waals surface area contributed by atoms with Crippen molar-refractivity contribution in [3.63, 3.8) is 0 Å². The zero-order valence-electron chi connectivity index (χ0n) is 10.5. The molecule has 0 spiro atoms. The molecule has 1 nitrogen and oxygen atoms in total. The van der Waals surface area contributed by atoms with Gasteiger partial charge in [0.25, 0.3) is 0 Å². The smallest absolute Gasteiger partial charge is 0.163 e. The predicted molar refractivity (Wildman–Crippen MR) is 68.1 cm³/mol. The minimum atomic E-state index is -0.955. The van der Waals surface area contributed by atoms with Crippen LogP contribution in [0.2, 0.25) is 0 Å². The molecule has 1 atom stereocenters. The van der Waals surface area contributed by atoms with Crippen LogP contribution in [0.15, 0.2) is 36.4 Å². The second-order valence-electron chi connectivity index (χ2n) is 4.50. The van der Waals surface area contributed by atoms with E-state index in [4.69, 9.17) is 5.73 Å². The minimum absolute atomic E-state index is 0.0614. The van der Waals surface area contributed by atoms with Crippen LogP contribution in [0.25, 0.3) is 0 Å². The molecule has 0 fully saturated rings. The van der Waals surface area contributed by atoms with E-state index in [0.29, 0.717) is 5.56 Å². The molecule has 0 aromatic heterocycles. The third-order valence-corrected chi connectivity index (χ3v) is 3.10. The lowest BCUT2D eigenvalue weighted by atomic mass is 9.97. The van der Waals surface area contributed by atoms with Crippen LogP contribution in [-0.2, 0) is 6.42 Å². The Labute approximate surface area is 109 Å². The Morgan fingerprint density at radius 2 is 1.68 bits per heavy atom. The summed E-state index contributed by atoms with van der Waals surface area (Å²) in [7, 11) is 0. The normalized spacial score (nSPS) is 12.5. The third kappa shape index (κ3) is 2.79. The highest BCUT2D eigenvalue weighted by Crippen LogP contribution is 2.23. The van der Waals surface area contributed by atoms with Gasteiger partial charge in [-0.05, 0) is 30.5 Å². The van der Waals surface area contributed by atoms with E-state index in [1.165, 1.54) is 25.1 Å². The maximum atomic E-state index is 13.8. The van der Waals surface area contributed by atoms with E-state index < -0.39 is 23.5 Å². The summed E-state index contributed by atoms with van der Waals surface area (Å²) in [6.45, 7) is 1.48. The number of hydrogen-bond donors (Lipinski definition) is 1. The molecule has 2 N–H and O–H groups in total. The van der Waals surface area contributed by atoms with Crippen LogP contribution in [0.3, 0.4) is 0 Å². The molecule has 4 heteroatoms. The average molecular weight is 265 g/mol. The lowest BCUT2D eigenvalue weighted by molar-refractivity contribution is 0.481. The molecule has 0 radical (unpaired) electrons. The van der Waals surface area contributed by atoms with Crippen molar-refractivity contribution >= 4 is 0 Å². The third-order valence-electron chi connectivity index (χ3n) is 3.10. The lowest BCUT2D eigenvalue weighted by Crippen LogP contribution is -2.16. The number of aryl methyl sites for hydroxylation is 1. The number of rotatable bonds is 3. The van der Waals surface area contributed by atoms with Crippen molar-refractivity contribution < 1.29 is 13.2 Å². The number of hydrogen-bond acceptors (Lipinski definition) is 1. The molecule has 0 heterocycles. The van der Waals surface area contributed by atoms with Crippen LogP contribution in [0.5, 0.6) is 0 Å². The highest BCUT2D eigenvalue weighted by Gasteiger charge is 2.17. The first-order chi connectivity index (χ1) is 9.00. The van der Waals surface area contributed by atoms with Crippen molar-refractivity contribution in [2.75, 3.05) is 0 Å². The number of halogens is 3. The van der Waals surface area contributed by atoms with E-state index >= 15 is 0 Å². The molecule has 0 aliphatic carbocycles. The predicted octanol–water partition coefficient (Wildman–Crippen LogP) is 3.65.